The van der Waals surface area contributed by atoms with Gasteiger partial charge in [-0.2, -0.15) is 11.3 Å². The summed E-state index contributed by atoms with van der Waals surface area (Å²) in [5, 5.41) is 15.3. The maximum Gasteiger partial charge on any atom is 0.318 e. The summed E-state index contributed by atoms with van der Waals surface area (Å²) in [6, 6.07) is 5.72. The Hall–Kier alpha value is -2.74. The zero-order valence-corrected chi connectivity index (χ0v) is 16.6. The summed E-state index contributed by atoms with van der Waals surface area (Å²) in [6.07, 6.45) is 5.21. The number of aromatic nitrogens is 4. The number of rotatable bonds is 7. The summed E-state index contributed by atoms with van der Waals surface area (Å²) >= 11 is 1.62. The van der Waals surface area contributed by atoms with Crippen LogP contribution in [0.2, 0.25) is 0 Å². The Labute approximate surface area is 163 Å². The van der Waals surface area contributed by atoms with Crippen molar-refractivity contribution in [2.75, 3.05) is 0 Å². The van der Waals surface area contributed by atoms with Gasteiger partial charge in [0.25, 0.3) is 0 Å². The second-order valence-corrected chi connectivity index (χ2v) is 7.49. The second-order valence-electron chi connectivity index (χ2n) is 6.71. The van der Waals surface area contributed by atoms with Crippen LogP contribution in [0.5, 0.6) is 0 Å². The summed E-state index contributed by atoms with van der Waals surface area (Å²) in [7, 11) is 0. The highest BCUT2D eigenvalue weighted by Crippen LogP contribution is 2.17. The van der Waals surface area contributed by atoms with E-state index in [1.165, 1.54) is 0 Å². The monoisotopic (exact) mass is 384 g/mol. The minimum atomic E-state index is -0.249. The van der Waals surface area contributed by atoms with E-state index in [9.17, 15) is 4.79 Å². The molecule has 0 saturated carbocycles. The minimum Gasteiger partial charge on any atom is -0.328 e. The van der Waals surface area contributed by atoms with Crippen molar-refractivity contribution in [3.05, 3.63) is 64.6 Å². The Balaban J connectivity index is 1.74. The molecule has 0 saturated heterocycles. The summed E-state index contributed by atoms with van der Waals surface area (Å²) in [4.78, 5) is 18.9. The molecule has 0 aliphatic rings. The fourth-order valence-electron chi connectivity index (χ4n) is 2.82. The fourth-order valence-corrected chi connectivity index (χ4v) is 3.47. The Morgan fingerprint density at radius 2 is 2.07 bits per heavy atom. The summed E-state index contributed by atoms with van der Waals surface area (Å²) in [6.45, 7) is 7.07. The van der Waals surface area contributed by atoms with Gasteiger partial charge in [0.05, 0.1) is 6.04 Å². The first-order valence-corrected chi connectivity index (χ1v) is 9.83. The van der Waals surface area contributed by atoms with E-state index in [4.69, 9.17) is 0 Å². The van der Waals surface area contributed by atoms with E-state index in [-0.39, 0.29) is 18.1 Å². The minimum absolute atomic E-state index is 0.143. The molecule has 0 aromatic carbocycles. The van der Waals surface area contributed by atoms with Crippen LogP contribution in [0, 0.1) is 0 Å². The van der Waals surface area contributed by atoms with E-state index >= 15 is 0 Å². The molecule has 2 amide bonds. The molecule has 0 aliphatic heterocycles. The molecule has 142 valence electrons. The average Bonchev–Trinajstić information content (AvgIpc) is 3.33. The topological polar surface area (TPSA) is 75.9 Å². The zero-order valence-electron chi connectivity index (χ0n) is 15.7. The lowest BCUT2D eigenvalue weighted by atomic mass is 10.2. The van der Waals surface area contributed by atoms with Crippen LogP contribution < -0.4 is 5.32 Å². The number of carbonyl (C=O) groups is 1. The van der Waals surface area contributed by atoms with Gasteiger partial charge >= 0.3 is 6.03 Å². The number of nitrogens with zero attached hydrogens (tertiary/aromatic N) is 5. The van der Waals surface area contributed by atoms with Crippen LogP contribution in [-0.2, 0) is 13.1 Å². The van der Waals surface area contributed by atoms with E-state index < -0.39 is 0 Å². The molecule has 1 atom stereocenters. The SMILES string of the molecule is CC(NC(=O)N(Cc1cccnc1)Cc1ccsc1)c1nncn1C(C)C. The third-order valence-corrected chi connectivity index (χ3v) is 4.95. The second kappa shape index (κ2) is 8.77. The third-order valence-electron chi connectivity index (χ3n) is 4.22. The number of urea groups is 1. The van der Waals surface area contributed by atoms with Crippen molar-refractivity contribution >= 4 is 17.4 Å². The molecule has 0 aliphatic carbocycles. The molecule has 0 fully saturated rings. The molecule has 0 bridgehead atoms. The summed E-state index contributed by atoms with van der Waals surface area (Å²) in [5.74, 6) is 0.746. The van der Waals surface area contributed by atoms with Crippen LogP contribution in [0.15, 0.2) is 47.7 Å². The largest absolute Gasteiger partial charge is 0.328 e. The molecule has 3 aromatic heterocycles. The van der Waals surface area contributed by atoms with Gasteiger partial charge in [0.15, 0.2) is 5.82 Å². The predicted molar refractivity (Wildman–Crippen MR) is 105 cm³/mol. The van der Waals surface area contributed by atoms with Gasteiger partial charge in [0.1, 0.15) is 6.33 Å². The van der Waals surface area contributed by atoms with Crippen LogP contribution in [0.3, 0.4) is 0 Å². The molecule has 3 aromatic rings. The normalized spacial score (nSPS) is 12.1. The first-order chi connectivity index (χ1) is 13.0. The van der Waals surface area contributed by atoms with Crippen molar-refractivity contribution in [1.29, 1.82) is 0 Å². The van der Waals surface area contributed by atoms with Crippen LogP contribution in [0.25, 0.3) is 0 Å². The summed E-state index contributed by atoms with van der Waals surface area (Å²) < 4.78 is 1.97. The van der Waals surface area contributed by atoms with Crippen LogP contribution in [-0.4, -0.2) is 30.7 Å². The predicted octanol–water partition coefficient (Wildman–Crippen LogP) is 3.79. The Morgan fingerprint density at radius 1 is 1.26 bits per heavy atom. The number of thiophene rings is 1. The lowest BCUT2D eigenvalue weighted by molar-refractivity contribution is 0.188. The first kappa shape index (κ1) is 19.0. The van der Waals surface area contributed by atoms with Crippen LogP contribution >= 0.6 is 11.3 Å². The van der Waals surface area contributed by atoms with Crippen LogP contribution in [0.1, 0.15) is 49.8 Å². The number of amides is 2. The van der Waals surface area contributed by atoms with E-state index in [2.05, 4.69) is 39.7 Å². The van der Waals surface area contributed by atoms with Gasteiger partial charge in [-0.1, -0.05) is 6.07 Å². The van der Waals surface area contributed by atoms with Crippen LogP contribution in [0.4, 0.5) is 4.79 Å². The molecular weight excluding hydrogens is 360 g/mol. The maximum absolute atomic E-state index is 13.0. The van der Waals surface area contributed by atoms with Crippen molar-refractivity contribution in [2.45, 2.75) is 45.9 Å². The lowest BCUT2D eigenvalue weighted by Crippen LogP contribution is -2.40. The molecule has 8 heteroatoms. The molecule has 3 heterocycles. The smallest absolute Gasteiger partial charge is 0.318 e. The van der Waals surface area contributed by atoms with Crippen molar-refractivity contribution in [3.63, 3.8) is 0 Å². The highest BCUT2D eigenvalue weighted by atomic mass is 32.1. The fraction of sp³-hybridized carbons (Fsp3) is 0.368. The molecule has 7 nitrogen and oxygen atoms in total. The molecule has 0 radical (unpaired) electrons. The van der Waals surface area contributed by atoms with Gasteiger partial charge in [-0.25, -0.2) is 4.79 Å². The molecule has 27 heavy (non-hydrogen) atoms. The lowest BCUT2D eigenvalue weighted by Gasteiger charge is -2.25. The van der Waals surface area contributed by atoms with E-state index in [0.717, 1.165) is 17.0 Å². The molecule has 1 unspecified atom stereocenters. The van der Waals surface area contributed by atoms with Gasteiger partial charge in [0, 0.05) is 31.5 Å². The van der Waals surface area contributed by atoms with E-state index in [1.807, 2.05) is 35.1 Å². The standard InChI is InChI=1S/C19H24N6OS/c1-14(2)25-13-21-23-18(25)15(3)22-19(26)24(11-17-6-8-27-12-17)10-16-5-4-7-20-9-16/h4-9,12-15H,10-11H2,1-3H3,(H,22,26). The van der Waals surface area contributed by atoms with Gasteiger partial charge in [-0.15, -0.1) is 10.2 Å². The summed E-state index contributed by atoms with van der Waals surface area (Å²) in [5.41, 5.74) is 2.10. The van der Waals surface area contributed by atoms with Crippen molar-refractivity contribution in [2.24, 2.45) is 0 Å². The van der Waals surface area contributed by atoms with Gasteiger partial charge in [0.2, 0.25) is 0 Å². The molecule has 0 spiro atoms. The van der Waals surface area contributed by atoms with Crippen molar-refractivity contribution in [1.82, 2.24) is 30.0 Å². The molecule has 1 N–H and O–H groups in total. The number of pyridine rings is 1. The number of nitrogens with one attached hydrogen (secondary N) is 1. The number of hydrogen-bond acceptors (Lipinski definition) is 5. The Kier molecular flexibility index (Phi) is 6.18. The Bertz CT molecular complexity index is 846. The van der Waals surface area contributed by atoms with E-state index in [1.54, 1.807) is 35.0 Å². The zero-order chi connectivity index (χ0) is 19.2. The highest BCUT2D eigenvalue weighted by Gasteiger charge is 2.21. The average molecular weight is 385 g/mol. The quantitative estimate of drug-likeness (QED) is 0.672. The highest BCUT2D eigenvalue weighted by molar-refractivity contribution is 7.07. The molecule has 3 rings (SSSR count). The van der Waals surface area contributed by atoms with Gasteiger partial charge < -0.3 is 14.8 Å². The third kappa shape index (κ3) is 4.91. The number of hydrogen-bond donors (Lipinski definition) is 1. The van der Waals surface area contributed by atoms with Gasteiger partial charge in [-0.3, -0.25) is 4.98 Å². The van der Waals surface area contributed by atoms with E-state index in [0.29, 0.717) is 13.1 Å². The Morgan fingerprint density at radius 3 is 2.74 bits per heavy atom. The van der Waals surface area contributed by atoms with Crippen molar-refractivity contribution < 1.29 is 4.79 Å². The number of carbonyl (C=O) groups excluding carboxylic acids is 1. The molecular formula is C19H24N6OS. The first-order valence-electron chi connectivity index (χ1n) is 8.89. The maximum atomic E-state index is 13.0. The van der Waals surface area contributed by atoms with Gasteiger partial charge in [-0.05, 0) is 54.8 Å². The van der Waals surface area contributed by atoms with Crippen molar-refractivity contribution in [3.8, 4) is 0 Å².